The molecular weight excluding hydrogens is 152 g/mol. The highest BCUT2D eigenvalue weighted by atomic mass is 16.1. The third kappa shape index (κ3) is 2.48. The summed E-state index contributed by atoms with van der Waals surface area (Å²) in [5, 5.41) is 0. The summed E-state index contributed by atoms with van der Waals surface area (Å²) in [5.41, 5.74) is 5.15. The molecule has 0 aromatic rings. The summed E-state index contributed by atoms with van der Waals surface area (Å²) in [6.45, 7) is 7.29. The molecule has 0 spiro atoms. The first-order valence-electron chi connectivity index (χ1n) is 4.61. The molecule has 1 aliphatic heterocycles. The molecule has 3 nitrogen and oxygen atoms in total. The molecule has 0 unspecified atom stereocenters. The Morgan fingerprint density at radius 2 is 2.17 bits per heavy atom. The molecule has 1 amide bonds. The zero-order chi connectivity index (χ0) is 9.14. The number of nitrogens with two attached hydrogens (primary N) is 1. The summed E-state index contributed by atoms with van der Waals surface area (Å²) in [5.74, 6) is 0.727. The van der Waals surface area contributed by atoms with Crippen LogP contribution < -0.4 is 5.73 Å². The van der Waals surface area contributed by atoms with Crippen molar-refractivity contribution in [3.05, 3.63) is 0 Å². The first kappa shape index (κ1) is 9.52. The van der Waals surface area contributed by atoms with Crippen LogP contribution in [-0.2, 0) is 4.79 Å². The summed E-state index contributed by atoms with van der Waals surface area (Å²) in [6, 6.07) is 0. The van der Waals surface area contributed by atoms with Crippen LogP contribution in [0.3, 0.4) is 0 Å². The summed E-state index contributed by atoms with van der Waals surface area (Å²) in [7, 11) is 0. The number of likely N-dealkylation sites (tertiary alicyclic amines) is 1. The second-order valence-corrected chi connectivity index (χ2v) is 4.04. The monoisotopic (exact) mass is 170 g/mol. The van der Waals surface area contributed by atoms with Crippen molar-refractivity contribution < 1.29 is 4.79 Å². The van der Waals surface area contributed by atoms with Gasteiger partial charge < -0.3 is 10.6 Å². The number of amides is 1. The molecule has 0 saturated carbocycles. The standard InChI is InChI=1S/C9H18N2O/c1-7(2)3-4-11-5-8(6-11)9(10)12/h7-8H,3-6H2,1-2H3,(H2,10,12). The van der Waals surface area contributed by atoms with Gasteiger partial charge in [-0.2, -0.15) is 0 Å². The van der Waals surface area contributed by atoms with Gasteiger partial charge in [0.1, 0.15) is 0 Å². The highest BCUT2D eigenvalue weighted by Gasteiger charge is 2.30. The molecule has 1 saturated heterocycles. The number of primary amides is 1. The van der Waals surface area contributed by atoms with Gasteiger partial charge in [-0.1, -0.05) is 13.8 Å². The van der Waals surface area contributed by atoms with Gasteiger partial charge in [-0.05, 0) is 18.9 Å². The van der Waals surface area contributed by atoms with Crippen molar-refractivity contribution in [2.24, 2.45) is 17.6 Å². The molecule has 2 N–H and O–H groups in total. The molecule has 0 bridgehead atoms. The van der Waals surface area contributed by atoms with E-state index in [0.717, 1.165) is 25.6 Å². The lowest BCUT2D eigenvalue weighted by Crippen LogP contribution is -2.52. The van der Waals surface area contributed by atoms with Crippen LogP contribution in [0, 0.1) is 11.8 Å². The molecular formula is C9H18N2O. The summed E-state index contributed by atoms with van der Waals surface area (Å²) in [6.07, 6.45) is 1.21. The molecule has 0 atom stereocenters. The minimum Gasteiger partial charge on any atom is -0.369 e. The zero-order valence-corrected chi connectivity index (χ0v) is 7.92. The van der Waals surface area contributed by atoms with Gasteiger partial charge in [0.2, 0.25) is 5.91 Å². The van der Waals surface area contributed by atoms with Gasteiger partial charge in [0, 0.05) is 13.1 Å². The van der Waals surface area contributed by atoms with Gasteiger partial charge in [0.05, 0.1) is 5.92 Å². The number of hydrogen-bond donors (Lipinski definition) is 1. The zero-order valence-electron chi connectivity index (χ0n) is 7.92. The molecule has 0 aromatic carbocycles. The highest BCUT2D eigenvalue weighted by Crippen LogP contribution is 2.15. The van der Waals surface area contributed by atoms with Crippen LogP contribution in [0.2, 0.25) is 0 Å². The lowest BCUT2D eigenvalue weighted by Gasteiger charge is -2.37. The van der Waals surface area contributed by atoms with E-state index in [2.05, 4.69) is 18.7 Å². The molecule has 0 radical (unpaired) electrons. The minimum atomic E-state index is -0.143. The van der Waals surface area contributed by atoms with Crippen molar-refractivity contribution in [3.63, 3.8) is 0 Å². The molecule has 12 heavy (non-hydrogen) atoms. The predicted octanol–water partition coefficient (Wildman–Crippen LogP) is 0.450. The fraction of sp³-hybridized carbons (Fsp3) is 0.889. The number of hydrogen-bond acceptors (Lipinski definition) is 2. The molecule has 1 heterocycles. The Kier molecular flexibility index (Phi) is 3.09. The molecule has 0 aromatic heterocycles. The first-order chi connectivity index (χ1) is 5.59. The van der Waals surface area contributed by atoms with E-state index in [4.69, 9.17) is 5.73 Å². The van der Waals surface area contributed by atoms with Gasteiger partial charge in [0.15, 0.2) is 0 Å². The van der Waals surface area contributed by atoms with E-state index in [9.17, 15) is 4.79 Å². The van der Waals surface area contributed by atoms with Crippen molar-refractivity contribution in [3.8, 4) is 0 Å². The van der Waals surface area contributed by atoms with Crippen molar-refractivity contribution in [1.29, 1.82) is 0 Å². The smallest absolute Gasteiger partial charge is 0.223 e. The molecule has 1 rings (SSSR count). The molecule has 0 aliphatic carbocycles. The van der Waals surface area contributed by atoms with Gasteiger partial charge in [-0.25, -0.2) is 0 Å². The lowest BCUT2D eigenvalue weighted by molar-refractivity contribution is -0.126. The van der Waals surface area contributed by atoms with Crippen LogP contribution in [0.4, 0.5) is 0 Å². The van der Waals surface area contributed by atoms with E-state index in [1.54, 1.807) is 0 Å². The highest BCUT2D eigenvalue weighted by molar-refractivity contribution is 5.78. The van der Waals surface area contributed by atoms with E-state index < -0.39 is 0 Å². The van der Waals surface area contributed by atoms with Crippen LogP contribution in [-0.4, -0.2) is 30.4 Å². The van der Waals surface area contributed by atoms with E-state index >= 15 is 0 Å². The second kappa shape index (κ2) is 3.90. The topological polar surface area (TPSA) is 46.3 Å². The number of carbonyl (C=O) groups is 1. The van der Waals surface area contributed by atoms with Crippen molar-refractivity contribution in [1.82, 2.24) is 4.90 Å². The van der Waals surface area contributed by atoms with Gasteiger partial charge in [0.25, 0.3) is 0 Å². The van der Waals surface area contributed by atoms with Gasteiger partial charge >= 0.3 is 0 Å². The average molecular weight is 170 g/mol. The van der Waals surface area contributed by atoms with E-state index in [-0.39, 0.29) is 11.8 Å². The normalized spacial score (nSPS) is 19.6. The minimum absolute atomic E-state index is 0.122. The van der Waals surface area contributed by atoms with Crippen molar-refractivity contribution >= 4 is 5.91 Å². The van der Waals surface area contributed by atoms with Crippen molar-refractivity contribution in [2.45, 2.75) is 20.3 Å². The lowest BCUT2D eigenvalue weighted by atomic mass is 9.98. The van der Waals surface area contributed by atoms with Crippen LogP contribution >= 0.6 is 0 Å². The number of rotatable bonds is 4. The van der Waals surface area contributed by atoms with Gasteiger partial charge in [-0.15, -0.1) is 0 Å². The summed E-state index contributed by atoms with van der Waals surface area (Å²) in [4.78, 5) is 12.9. The van der Waals surface area contributed by atoms with Crippen LogP contribution in [0.1, 0.15) is 20.3 Å². The SMILES string of the molecule is CC(C)CCN1CC(C(N)=O)C1. The van der Waals surface area contributed by atoms with E-state index in [1.165, 1.54) is 6.42 Å². The summed E-state index contributed by atoms with van der Waals surface area (Å²) < 4.78 is 0. The fourth-order valence-corrected chi connectivity index (χ4v) is 1.37. The Bertz CT molecular complexity index is 162. The first-order valence-corrected chi connectivity index (χ1v) is 4.61. The third-order valence-corrected chi connectivity index (χ3v) is 2.38. The maximum atomic E-state index is 10.7. The van der Waals surface area contributed by atoms with Crippen molar-refractivity contribution in [2.75, 3.05) is 19.6 Å². The fourth-order valence-electron chi connectivity index (χ4n) is 1.37. The number of carbonyl (C=O) groups excluding carboxylic acids is 1. The maximum Gasteiger partial charge on any atom is 0.223 e. The van der Waals surface area contributed by atoms with E-state index in [1.807, 2.05) is 0 Å². The van der Waals surface area contributed by atoms with Crippen LogP contribution in [0.5, 0.6) is 0 Å². The molecule has 1 fully saturated rings. The van der Waals surface area contributed by atoms with E-state index in [0.29, 0.717) is 0 Å². The molecule has 3 heteroatoms. The Morgan fingerprint density at radius 3 is 2.58 bits per heavy atom. The largest absolute Gasteiger partial charge is 0.369 e. The quantitative estimate of drug-likeness (QED) is 0.666. The average Bonchev–Trinajstić information content (AvgIpc) is 1.82. The van der Waals surface area contributed by atoms with Gasteiger partial charge in [-0.3, -0.25) is 4.79 Å². The Morgan fingerprint density at radius 1 is 1.58 bits per heavy atom. The van der Waals surface area contributed by atoms with Crippen LogP contribution in [0.15, 0.2) is 0 Å². The Labute approximate surface area is 73.9 Å². The third-order valence-electron chi connectivity index (χ3n) is 2.38. The predicted molar refractivity (Wildman–Crippen MR) is 48.6 cm³/mol. The second-order valence-electron chi connectivity index (χ2n) is 4.04. The Hall–Kier alpha value is -0.570. The maximum absolute atomic E-state index is 10.7. The Balaban J connectivity index is 2.06. The molecule has 70 valence electrons. The number of nitrogens with zero attached hydrogens (tertiary/aromatic N) is 1. The van der Waals surface area contributed by atoms with Crippen LogP contribution in [0.25, 0.3) is 0 Å². The summed E-state index contributed by atoms with van der Waals surface area (Å²) >= 11 is 0. The molecule has 1 aliphatic rings.